The van der Waals surface area contributed by atoms with Gasteiger partial charge in [0.25, 0.3) is 0 Å². The van der Waals surface area contributed by atoms with Crippen molar-refractivity contribution in [1.29, 1.82) is 0 Å². The maximum Gasteiger partial charge on any atom is 0.223 e. The zero-order valence-corrected chi connectivity index (χ0v) is 14.6. The van der Waals surface area contributed by atoms with E-state index in [1.165, 1.54) is 12.8 Å². The number of benzene rings is 1. The topological polar surface area (TPSA) is 60.0 Å². The van der Waals surface area contributed by atoms with Crippen LogP contribution in [-0.2, 0) is 16.0 Å². The van der Waals surface area contributed by atoms with Crippen molar-refractivity contribution in [3.8, 4) is 0 Å². The van der Waals surface area contributed by atoms with Crippen molar-refractivity contribution >= 4 is 17.0 Å². The van der Waals surface area contributed by atoms with Crippen LogP contribution in [0.2, 0.25) is 0 Å². The Morgan fingerprint density at radius 3 is 2.88 bits per heavy atom. The monoisotopic (exact) mass is 344 g/mol. The molecule has 4 rings (SSSR count). The number of rotatable bonds is 5. The van der Waals surface area contributed by atoms with Crippen molar-refractivity contribution in [2.24, 2.45) is 0 Å². The molecule has 6 heteroatoms. The number of aryl methyl sites for hydroxylation is 1. The minimum atomic E-state index is 0.207. The highest BCUT2D eigenvalue weighted by Gasteiger charge is 2.27. The molecule has 0 unspecified atom stereocenters. The Bertz CT molecular complexity index is 683. The Morgan fingerprint density at radius 1 is 1.28 bits per heavy atom. The van der Waals surface area contributed by atoms with E-state index in [1.807, 2.05) is 29.2 Å². The molecule has 0 radical (unpaired) electrons. The van der Waals surface area contributed by atoms with E-state index in [1.54, 1.807) is 4.90 Å². The van der Waals surface area contributed by atoms with Gasteiger partial charge in [-0.2, -0.15) is 0 Å². The third-order valence-electron chi connectivity index (χ3n) is 5.25. The second kappa shape index (κ2) is 7.54. The second-order valence-electron chi connectivity index (χ2n) is 7.05. The van der Waals surface area contributed by atoms with Crippen LogP contribution in [0.15, 0.2) is 28.7 Å². The first-order valence-corrected chi connectivity index (χ1v) is 9.35. The summed E-state index contributed by atoms with van der Waals surface area (Å²) in [5, 5.41) is 0. The summed E-state index contributed by atoms with van der Waals surface area (Å²) in [4.78, 5) is 20.5. The van der Waals surface area contributed by atoms with Crippen molar-refractivity contribution in [3.05, 3.63) is 30.2 Å². The smallest absolute Gasteiger partial charge is 0.223 e. The fraction of sp³-hybridized carbons (Fsp3) is 0.579. The zero-order chi connectivity index (χ0) is 17.1. The first-order valence-electron chi connectivity index (χ1n) is 9.35. The fourth-order valence-corrected chi connectivity index (χ4v) is 3.80. The van der Waals surface area contributed by atoms with E-state index in [4.69, 9.17) is 9.15 Å². The number of nitrogens with one attached hydrogen (secondary N) is 1. The Morgan fingerprint density at radius 2 is 2.12 bits per heavy atom. The molecule has 0 aliphatic carbocycles. The Balaban J connectivity index is 1.23. The second-order valence-corrected chi connectivity index (χ2v) is 7.05. The molecule has 1 amide bonds. The number of piperazine rings is 1. The lowest BCUT2D eigenvalue weighted by atomic mass is 10.2. The molecule has 2 aliphatic heterocycles. The van der Waals surface area contributed by atoms with Crippen molar-refractivity contribution in [2.45, 2.75) is 31.8 Å². The number of hydrogen-bond acceptors (Lipinski definition) is 4. The highest BCUT2D eigenvalue weighted by Crippen LogP contribution is 2.16. The molecule has 2 saturated heterocycles. The number of carbonyl (C=O) groups is 1. The molecule has 1 aromatic heterocycles. The molecule has 0 bridgehead atoms. The summed E-state index contributed by atoms with van der Waals surface area (Å²) in [6.07, 6.45) is 3.84. The predicted octanol–water partition coefficient (Wildman–Crippen LogP) is 0.667. The highest BCUT2D eigenvalue weighted by atomic mass is 16.5. The number of aromatic nitrogens is 1. The summed E-state index contributed by atoms with van der Waals surface area (Å²) >= 11 is 0. The van der Waals surface area contributed by atoms with Gasteiger partial charge in [-0.05, 0) is 25.0 Å². The number of hydrogen-bond donors (Lipinski definition) is 1. The van der Waals surface area contributed by atoms with Crippen LogP contribution in [0.3, 0.4) is 0 Å². The van der Waals surface area contributed by atoms with E-state index in [0.717, 1.165) is 50.4 Å². The summed E-state index contributed by atoms with van der Waals surface area (Å²) in [6, 6.07) is 7.71. The van der Waals surface area contributed by atoms with Gasteiger partial charge in [0.1, 0.15) is 18.2 Å². The zero-order valence-electron chi connectivity index (χ0n) is 14.6. The van der Waals surface area contributed by atoms with E-state index in [0.29, 0.717) is 24.8 Å². The maximum absolute atomic E-state index is 12.5. The van der Waals surface area contributed by atoms with E-state index < -0.39 is 0 Å². The van der Waals surface area contributed by atoms with Gasteiger partial charge in [0, 0.05) is 19.4 Å². The van der Waals surface area contributed by atoms with Crippen LogP contribution in [0, 0.1) is 0 Å². The maximum atomic E-state index is 12.5. The van der Waals surface area contributed by atoms with Crippen molar-refractivity contribution in [2.75, 3.05) is 39.3 Å². The van der Waals surface area contributed by atoms with Crippen molar-refractivity contribution in [3.63, 3.8) is 0 Å². The molecule has 6 nitrogen and oxygen atoms in total. The fourth-order valence-electron chi connectivity index (χ4n) is 3.80. The molecule has 3 heterocycles. The molecule has 0 saturated carbocycles. The molecule has 1 N–H and O–H groups in total. The van der Waals surface area contributed by atoms with Gasteiger partial charge in [0.15, 0.2) is 11.5 Å². The third-order valence-corrected chi connectivity index (χ3v) is 5.25. The summed E-state index contributed by atoms with van der Waals surface area (Å²) in [6.45, 7) is 5.73. The Labute approximate surface area is 147 Å². The van der Waals surface area contributed by atoms with Crippen molar-refractivity contribution in [1.82, 2.24) is 9.88 Å². The average Bonchev–Trinajstić information content (AvgIpc) is 3.29. The van der Waals surface area contributed by atoms with Crippen molar-refractivity contribution < 1.29 is 18.8 Å². The molecule has 134 valence electrons. The number of para-hydroxylation sites is 2. The first kappa shape index (κ1) is 16.5. The van der Waals surface area contributed by atoms with Crippen LogP contribution >= 0.6 is 0 Å². The number of quaternary nitrogens is 1. The third kappa shape index (κ3) is 4.02. The summed E-state index contributed by atoms with van der Waals surface area (Å²) in [7, 11) is 0. The average molecular weight is 344 g/mol. The molecule has 1 aromatic carbocycles. The van der Waals surface area contributed by atoms with Gasteiger partial charge < -0.3 is 19.0 Å². The Hall–Kier alpha value is -1.92. The van der Waals surface area contributed by atoms with Crippen LogP contribution in [0.1, 0.15) is 25.2 Å². The van der Waals surface area contributed by atoms with Gasteiger partial charge >= 0.3 is 0 Å². The molecule has 0 spiro atoms. The quantitative estimate of drug-likeness (QED) is 0.866. The lowest BCUT2D eigenvalue weighted by Gasteiger charge is -2.33. The molecule has 1 atom stereocenters. The number of oxazole rings is 1. The van der Waals surface area contributed by atoms with Gasteiger partial charge in [-0.1, -0.05) is 12.1 Å². The SMILES string of the molecule is O=C(CCc1nc2ccccc2o1)N1CC[NH+](C[C@H]2CCCO2)CC1. The van der Waals surface area contributed by atoms with E-state index in [2.05, 4.69) is 4.98 Å². The minimum Gasteiger partial charge on any atom is -0.441 e. The largest absolute Gasteiger partial charge is 0.441 e. The van der Waals surface area contributed by atoms with Crippen LogP contribution in [0.5, 0.6) is 0 Å². The van der Waals surface area contributed by atoms with Crippen LogP contribution in [0.25, 0.3) is 11.1 Å². The van der Waals surface area contributed by atoms with Gasteiger partial charge in [-0.15, -0.1) is 0 Å². The van der Waals surface area contributed by atoms with Crippen LogP contribution in [0.4, 0.5) is 0 Å². The Kier molecular flexibility index (Phi) is 4.99. The number of fused-ring (bicyclic) bond motifs is 1. The summed E-state index contributed by atoms with van der Waals surface area (Å²) in [5.74, 6) is 0.857. The van der Waals surface area contributed by atoms with E-state index in [-0.39, 0.29) is 5.91 Å². The van der Waals surface area contributed by atoms with Gasteiger partial charge in [0.2, 0.25) is 5.91 Å². The molecule has 2 fully saturated rings. The van der Waals surface area contributed by atoms with Gasteiger partial charge in [-0.3, -0.25) is 4.79 Å². The number of nitrogens with zero attached hydrogens (tertiary/aromatic N) is 2. The van der Waals surface area contributed by atoms with Crippen LogP contribution in [-0.4, -0.2) is 61.2 Å². The molecular weight excluding hydrogens is 318 g/mol. The molecular formula is C19H26N3O3+. The van der Waals surface area contributed by atoms with Gasteiger partial charge in [0.05, 0.1) is 26.2 Å². The summed E-state index contributed by atoms with van der Waals surface area (Å²) in [5.41, 5.74) is 1.65. The first-order chi connectivity index (χ1) is 12.3. The molecule has 25 heavy (non-hydrogen) atoms. The van der Waals surface area contributed by atoms with Crippen LogP contribution < -0.4 is 4.90 Å². The highest BCUT2D eigenvalue weighted by molar-refractivity contribution is 5.76. The minimum absolute atomic E-state index is 0.207. The molecule has 2 aromatic rings. The molecule has 2 aliphatic rings. The number of amides is 1. The lowest BCUT2D eigenvalue weighted by molar-refractivity contribution is -0.906. The van der Waals surface area contributed by atoms with E-state index in [9.17, 15) is 4.79 Å². The standard InChI is InChI=1S/C19H25N3O3/c23-19(8-7-18-20-16-5-1-2-6-17(16)25-18)22-11-9-21(10-12-22)14-15-4-3-13-24-15/h1-2,5-6,15H,3-4,7-14H2/p+1/t15-/m1/s1. The van der Waals surface area contributed by atoms with E-state index >= 15 is 0 Å². The summed E-state index contributed by atoms with van der Waals surface area (Å²) < 4.78 is 11.4. The van der Waals surface area contributed by atoms with Gasteiger partial charge in [-0.25, -0.2) is 4.98 Å². The normalized spacial score (nSPS) is 21.9. The predicted molar refractivity (Wildman–Crippen MR) is 93.4 cm³/mol. The number of ether oxygens (including phenoxy) is 1. The number of carbonyl (C=O) groups excluding carboxylic acids is 1. The lowest BCUT2D eigenvalue weighted by Crippen LogP contribution is -3.15.